The summed E-state index contributed by atoms with van der Waals surface area (Å²) in [6.45, 7) is 5.58. The minimum absolute atomic E-state index is 0.293. The molecule has 1 aromatic carbocycles. The molecule has 1 saturated heterocycles. The summed E-state index contributed by atoms with van der Waals surface area (Å²) in [6.07, 6.45) is 8.56. The van der Waals surface area contributed by atoms with Crippen LogP contribution in [-0.4, -0.2) is 58.0 Å². The van der Waals surface area contributed by atoms with Crippen molar-refractivity contribution in [3.8, 4) is 11.1 Å². The molecule has 3 aromatic rings. The molecule has 2 aliphatic rings. The van der Waals surface area contributed by atoms with Crippen LogP contribution in [0.3, 0.4) is 0 Å². The Morgan fingerprint density at radius 1 is 0.867 bits per heavy atom. The summed E-state index contributed by atoms with van der Waals surface area (Å²) >= 11 is 0. The van der Waals surface area contributed by atoms with Gasteiger partial charge in [0.25, 0.3) is 0 Å². The summed E-state index contributed by atoms with van der Waals surface area (Å²) in [5.74, 6) is 0.293. The zero-order chi connectivity index (χ0) is 20.5. The summed E-state index contributed by atoms with van der Waals surface area (Å²) in [4.78, 5) is 17.9. The summed E-state index contributed by atoms with van der Waals surface area (Å²) in [6, 6.07) is 11.1. The number of hydrogen-bond acceptors (Lipinski definition) is 6. The Labute approximate surface area is 177 Å². The fourth-order valence-electron chi connectivity index (χ4n) is 4.17. The van der Waals surface area contributed by atoms with Gasteiger partial charge in [-0.1, -0.05) is 30.3 Å². The second-order valence-corrected chi connectivity index (χ2v) is 8.15. The number of nitrogens with zero attached hydrogens (tertiary/aromatic N) is 5. The molecule has 0 bridgehead atoms. The maximum absolute atomic E-state index is 5.64. The molecular weight excluding hydrogens is 372 g/mol. The number of piperazine rings is 1. The summed E-state index contributed by atoms with van der Waals surface area (Å²) in [5.41, 5.74) is 13.7. The van der Waals surface area contributed by atoms with Crippen molar-refractivity contribution in [2.24, 2.45) is 0 Å². The standard InChI is InChI=1S/C24H26N6/c1-29-8-10-30(11-9-29)16-17-2-4-18(5-3-17)19-12-22-21(6-7-23(22)26-13-19)20-14-27-24(25)28-15-20/h2-6,12-15H,7-11,16H2,1H3,(H2,25,27,28). The number of pyridine rings is 1. The highest BCUT2D eigenvalue weighted by Gasteiger charge is 2.19. The van der Waals surface area contributed by atoms with E-state index in [0.29, 0.717) is 5.95 Å². The highest BCUT2D eigenvalue weighted by atomic mass is 15.2. The highest BCUT2D eigenvalue weighted by Crippen LogP contribution is 2.34. The highest BCUT2D eigenvalue weighted by molar-refractivity contribution is 5.85. The number of hydrogen-bond donors (Lipinski definition) is 1. The van der Waals surface area contributed by atoms with Gasteiger partial charge in [0, 0.05) is 74.4 Å². The molecule has 2 N–H and O–H groups in total. The average molecular weight is 399 g/mol. The van der Waals surface area contributed by atoms with Crippen LogP contribution in [0.15, 0.2) is 55.0 Å². The lowest BCUT2D eigenvalue weighted by Crippen LogP contribution is -2.43. The minimum Gasteiger partial charge on any atom is -0.368 e. The predicted molar refractivity (Wildman–Crippen MR) is 120 cm³/mol. The third kappa shape index (κ3) is 3.84. The SMILES string of the molecule is CN1CCN(Cc2ccc(-c3cnc4c(c3)C(c3cnc(N)nc3)=CC4)cc2)CC1. The first-order valence-corrected chi connectivity index (χ1v) is 10.4. The molecule has 1 aliphatic heterocycles. The van der Waals surface area contributed by atoms with Gasteiger partial charge in [-0.25, -0.2) is 9.97 Å². The van der Waals surface area contributed by atoms with Crippen molar-refractivity contribution in [3.05, 3.63) is 77.4 Å². The normalized spacial score (nSPS) is 17.0. The molecule has 0 unspecified atom stereocenters. The lowest BCUT2D eigenvalue weighted by atomic mass is 9.99. The quantitative estimate of drug-likeness (QED) is 0.729. The lowest BCUT2D eigenvalue weighted by Gasteiger charge is -2.32. The number of rotatable bonds is 4. The Hall–Kier alpha value is -3.09. The molecule has 0 amide bonds. The molecule has 5 rings (SSSR count). The zero-order valence-electron chi connectivity index (χ0n) is 17.3. The fraction of sp³-hybridized carbons (Fsp3) is 0.292. The van der Waals surface area contributed by atoms with Crippen LogP contribution >= 0.6 is 0 Å². The van der Waals surface area contributed by atoms with Crippen LogP contribution in [0, 0.1) is 0 Å². The Bertz CT molecular complexity index is 1060. The summed E-state index contributed by atoms with van der Waals surface area (Å²) < 4.78 is 0. The molecule has 1 fully saturated rings. The van der Waals surface area contributed by atoms with E-state index in [1.165, 1.54) is 11.1 Å². The minimum atomic E-state index is 0.293. The number of allylic oxidation sites excluding steroid dienone is 1. The van der Waals surface area contributed by atoms with E-state index in [-0.39, 0.29) is 0 Å². The number of fused-ring (bicyclic) bond motifs is 1. The Kier molecular flexibility index (Phi) is 5.02. The van der Waals surface area contributed by atoms with E-state index < -0.39 is 0 Å². The second kappa shape index (κ2) is 7.97. The van der Waals surface area contributed by atoms with Gasteiger partial charge >= 0.3 is 0 Å². The topological polar surface area (TPSA) is 71.2 Å². The first kappa shape index (κ1) is 18.9. The predicted octanol–water partition coefficient (Wildman–Crippen LogP) is 2.86. The van der Waals surface area contributed by atoms with Crippen molar-refractivity contribution in [1.29, 1.82) is 0 Å². The molecule has 0 spiro atoms. The van der Waals surface area contributed by atoms with Gasteiger partial charge in [0.2, 0.25) is 5.95 Å². The first-order valence-electron chi connectivity index (χ1n) is 10.4. The summed E-state index contributed by atoms with van der Waals surface area (Å²) in [5, 5.41) is 0. The Morgan fingerprint density at radius 2 is 1.57 bits per heavy atom. The van der Waals surface area contributed by atoms with E-state index >= 15 is 0 Å². The average Bonchev–Trinajstić information content (AvgIpc) is 3.20. The molecule has 0 radical (unpaired) electrons. The van der Waals surface area contributed by atoms with Crippen molar-refractivity contribution in [1.82, 2.24) is 24.8 Å². The smallest absolute Gasteiger partial charge is 0.219 e. The van der Waals surface area contributed by atoms with Crippen LogP contribution in [0.25, 0.3) is 16.7 Å². The number of aromatic nitrogens is 3. The largest absolute Gasteiger partial charge is 0.368 e. The van der Waals surface area contributed by atoms with Gasteiger partial charge in [0.05, 0.1) is 5.69 Å². The van der Waals surface area contributed by atoms with Crippen LogP contribution in [-0.2, 0) is 13.0 Å². The third-order valence-electron chi connectivity index (χ3n) is 6.03. The molecule has 0 atom stereocenters. The fourth-order valence-corrected chi connectivity index (χ4v) is 4.17. The van der Waals surface area contributed by atoms with Crippen molar-refractivity contribution in [3.63, 3.8) is 0 Å². The molecule has 6 heteroatoms. The molecular formula is C24H26N6. The van der Waals surface area contributed by atoms with E-state index in [4.69, 9.17) is 10.7 Å². The zero-order valence-corrected chi connectivity index (χ0v) is 17.3. The summed E-state index contributed by atoms with van der Waals surface area (Å²) in [7, 11) is 2.19. The van der Waals surface area contributed by atoms with Crippen LogP contribution in [0.2, 0.25) is 0 Å². The van der Waals surface area contributed by atoms with Gasteiger partial charge in [-0.3, -0.25) is 9.88 Å². The molecule has 0 saturated carbocycles. The maximum atomic E-state index is 5.64. The number of benzene rings is 1. The van der Waals surface area contributed by atoms with Gasteiger partial charge in [-0.2, -0.15) is 0 Å². The van der Waals surface area contributed by atoms with Crippen LogP contribution in [0.5, 0.6) is 0 Å². The first-order chi connectivity index (χ1) is 14.7. The van der Waals surface area contributed by atoms with Crippen molar-refractivity contribution in [2.45, 2.75) is 13.0 Å². The van der Waals surface area contributed by atoms with E-state index in [1.54, 1.807) is 12.4 Å². The van der Waals surface area contributed by atoms with E-state index in [9.17, 15) is 0 Å². The number of nitrogens with two attached hydrogens (primary N) is 1. The van der Waals surface area contributed by atoms with Crippen LogP contribution < -0.4 is 5.73 Å². The number of nitrogen functional groups attached to an aromatic ring is 1. The number of anilines is 1. The molecule has 6 nitrogen and oxygen atoms in total. The van der Waals surface area contributed by atoms with Gasteiger partial charge < -0.3 is 10.6 Å². The van der Waals surface area contributed by atoms with E-state index in [1.807, 2.05) is 6.20 Å². The van der Waals surface area contributed by atoms with Crippen LogP contribution in [0.1, 0.15) is 22.4 Å². The maximum Gasteiger partial charge on any atom is 0.219 e. The van der Waals surface area contributed by atoms with Crippen LogP contribution in [0.4, 0.5) is 5.95 Å². The van der Waals surface area contributed by atoms with E-state index in [2.05, 4.69) is 63.2 Å². The van der Waals surface area contributed by atoms with Gasteiger partial charge in [0.15, 0.2) is 0 Å². The molecule has 30 heavy (non-hydrogen) atoms. The van der Waals surface area contributed by atoms with Crippen molar-refractivity contribution < 1.29 is 0 Å². The monoisotopic (exact) mass is 398 g/mol. The van der Waals surface area contributed by atoms with Gasteiger partial charge in [0.1, 0.15) is 0 Å². The molecule has 1 aliphatic carbocycles. The molecule has 2 aromatic heterocycles. The lowest BCUT2D eigenvalue weighted by molar-refractivity contribution is 0.148. The van der Waals surface area contributed by atoms with Gasteiger partial charge in [-0.05, 0) is 29.8 Å². The van der Waals surface area contributed by atoms with E-state index in [0.717, 1.165) is 67.1 Å². The molecule has 3 heterocycles. The molecule has 152 valence electrons. The van der Waals surface area contributed by atoms with Crippen molar-refractivity contribution in [2.75, 3.05) is 39.0 Å². The third-order valence-corrected chi connectivity index (χ3v) is 6.03. The van der Waals surface area contributed by atoms with Crippen molar-refractivity contribution >= 4 is 11.5 Å². The second-order valence-electron chi connectivity index (χ2n) is 8.15. The Morgan fingerprint density at radius 3 is 2.30 bits per heavy atom. The Balaban J connectivity index is 1.35. The number of likely N-dealkylation sites (N-methyl/N-ethyl adjacent to an activating group) is 1. The van der Waals surface area contributed by atoms with Gasteiger partial charge in [-0.15, -0.1) is 0 Å².